The van der Waals surface area contributed by atoms with Crippen LogP contribution in [0, 0.1) is 5.92 Å². The highest BCUT2D eigenvalue weighted by Crippen LogP contribution is 2.30. The van der Waals surface area contributed by atoms with E-state index >= 15 is 0 Å². The number of hydrogen-bond donors (Lipinski definition) is 3. The molecule has 1 aliphatic rings. The van der Waals surface area contributed by atoms with Gasteiger partial charge >= 0.3 is 0 Å². The molecule has 1 saturated heterocycles. The van der Waals surface area contributed by atoms with E-state index in [1.807, 2.05) is 13.2 Å². The van der Waals surface area contributed by atoms with E-state index in [9.17, 15) is 10.2 Å². The molecular weight excluding hydrogens is 192 g/mol. The van der Waals surface area contributed by atoms with Gasteiger partial charge in [-0.2, -0.15) is 0 Å². The van der Waals surface area contributed by atoms with Gasteiger partial charge in [-0.15, -0.1) is 11.8 Å². The average molecular weight is 208 g/mol. The highest BCUT2D eigenvalue weighted by molar-refractivity contribution is 7.99. The predicted molar refractivity (Wildman–Crippen MR) is 50.4 cm³/mol. The number of aliphatic hydroxyl groups is 3. The van der Waals surface area contributed by atoms with Crippen LogP contribution < -0.4 is 0 Å². The molecule has 1 fully saturated rings. The third-order valence-electron chi connectivity index (χ3n) is 2.42. The van der Waals surface area contributed by atoms with E-state index in [1.165, 1.54) is 11.8 Å². The van der Waals surface area contributed by atoms with Gasteiger partial charge in [0, 0.05) is 5.92 Å². The Balaban J connectivity index is 2.66. The van der Waals surface area contributed by atoms with Crippen molar-refractivity contribution in [2.45, 2.75) is 30.7 Å². The summed E-state index contributed by atoms with van der Waals surface area (Å²) in [6.07, 6.45) is -0.588. The summed E-state index contributed by atoms with van der Waals surface area (Å²) in [5.74, 6) is -0.118. The summed E-state index contributed by atoms with van der Waals surface area (Å²) in [7, 11) is 0. The number of ether oxygens (including phenoxy) is 1. The second-order valence-electron chi connectivity index (χ2n) is 3.30. The van der Waals surface area contributed by atoms with Crippen molar-refractivity contribution in [3.05, 3.63) is 0 Å². The molecule has 0 radical (unpaired) electrons. The van der Waals surface area contributed by atoms with Crippen LogP contribution in [0.2, 0.25) is 0 Å². The zero-order valence-electron chi connectivity index (χ0n) is 7.75. The SMILES string of the molecule is CS[C@@H]1OC(CO)[C@@H](O)[C@H](O)C1C. The average Bonchev–Trinajstić information content (AvgIpc) is 2.15. The Labute approximate surface area is 81.9 Å². The van der Waals surface area contributed by atoms with Crippen molar-refractivity contribution in [1.82, 2.24) is 0 Å². The molecule has 0 aliphatic carbocycles. The molecule has 0 aromatic rings. The van der Waals surface area contributed by atoms with E-state index < -0.39 is 18.3 Å². The first kappa shape index (κ1) is 11.3. The number of aliphatic hydroxyl groups excluding tert-OH is 3. The molecule has 0 spiro atoms. The summed E-state index contributed by atoms with van der Waals surface area (Å²) < 4.78 is 5.38. The van der Waals surface area contributed by atoms with Crippen LogP contribution in [0.5, 0.6) is 0 Å². The minimum atomic E-state index is -0.983. The molecule has 1 rings (SSSR count). The van der Waals surface area contributed by atoms with Gasteiger partial charge in [0.15, 0.2) is 0 Å². The Morgan fingerprint density at radius 1 is 1.31 bits per heavy atom. The van der Waals surface area contributed by atoms with Crippen LogP contribution in [-0.2, 0) is 4.74 Å². The normalized spacial score (nSPS) is 46.4. The maximum atomic E-state index is 9.59. The van der Waals surface area contributed by atoms with Crippen molar-refractivity contribution in [1.29, 1.82) is 0 Å². The molecule has 0 bridgehead atoms. The minimum absolute atomic E-state index is 0.118. The monoisotopic (exact) mass is 208 g/mol. The predicted octanol–water partition coefficient (Wildman–Crippen LogP) is -0.576. The fourth-order valence-corrected chi connectivity index (χ4v) is 2.33. The fraction of sp³-hybridized carbons (Fsp3) is 1.00. The first-order valence-corrected chi connectivity index (χ1v) is 5.55. The lowest BCUT2D eigenvalue weighted by Crippen LogP contribution is -2.53. The molecule has 0 saturated carbocycles. The van der Waals surface area contributed by atoms with Gasteiger partial charge in [0.2, 0.25) is 0 Å². The number of rotatable bonds is 2. The summed E-state index contributed by atoms with van der Waals surface area (Å²) in [6.45, 7) is 1.56. The van der Waals surface area contributed by atoms with Crippen LogP contribution >= 0.6 is 11.8 Å². The molecule has 78 valence electrons. The Bertz CT molecular complexity index is 146. The lowest BCUT2D eigenvalue weighted by Gasteiger charge is -2.40. The van der Waals surface area contributed by atoms with Gasteiger partial charge < -0.3 is 20.1 Å². The van der Waals surface area contributed by atoms with Crippen LogP contribution in [0.15, 0.2) is 0 Å². The Kier molecular flexibility index (Phi) is 4.00. The number of hydrogen-bond acceptors (Lipinski definition) is 5. The second-order valence-corrected chi connectivity index (χ2v) is 4.24. The zero-order valence-corrected chi connectivity index (χ0v) is 8.57. The smallest absolute Gasteiger partial charge is 0.110 e. The third kappa shape index (κ3) is 2.16. The molecule has 1 heterocycles. The first-order chi connectivity index (χ1) is 6.11. The van der Waals surface area contributed by atoms with Gasteiger partial charge in [-0.25, -0.2) is 0 Å². The first-order valence-electron chi connectivity index (χ1n) is 4.27. The van der Waals surface area contributed by atoms with Crippen LogP contribution in [0.4, 0.5) is 0 Å². The number of thioether (sulfide) groups is 1. The van der Waals surface area contributed by atoms with Gasteiger partial charge in [0.1, 0.15) is 17.6 Å². The molecule has 4 nitrogen and oxygen atoms in total. The lowest BCUT2D eigenvalue weighted by molar-refractivity contribution is -0.181. The van der Waals surface area contributed by atoms with E-state index in [0.29, 0.717) is 0 Å². The Morgan fingerprint density at radius 3 is 2.38 bits per heavy atom. The molecule has 0 aromatic carbocycles. The van der Waals surface area contributed by atoms with Gasteiger partial charge in [-0.1, -0.05) is 6.92 Å². The summed E-state index contributed by atoms with van der Waals surface area (Å²) >= 11 is 1.47. The van der Waals surface area contributed by atoms with Gasteiger partial charge in [0.05, 0.1) is 12.7 Å². The maximum absolute atomic E-state index is 9.59. The molecule has 0 aromatic heterocycles. The standard InChI is InChI=1S/C8H16O4S/c1-4-6(10)7(11)5(3-9)12-8(4)13-2/h4-11H,3H2,1-2H3/t4?,5?,6-,7-,8+/m1/s1. The fourth-order valence-electron chi connectivity index (χ4n) is 1.49. The Hall–Kier alpha value is 0.190. The topological polar surface area (TPSA) is 69.9 Å². The molecule has 1 aliphatic heterocycles. The minimum Gasteiger partial charge on any atom is -0.394 e. The molecule has 2 unspecified atom stereocenters. The highest BCUT2D eigenvalue weighted by atomic mass is 32.2. The quantitative estimate of drug-likeness (QED) is 0.566. The summed E-state index contributed by atoms with van der Waals surface area (Å²) in [5.41, 5.74) is -0.157. The van der Waals surface area contributed by atoms with Crippen LogP contribution in [0.3, 0.4) is 0 Å². The Morgan fingerprint density at radius 2 is 1.92 bits per heavy atom. The van der Waals surface area contributed by atoms with Gasteiger partial charge in [-0.05, 0) is 6.26 Å². The van der Waals surface area contributed by atoms with Gasteiger partial charge in [0.25, 0.3) is 0 Å². The van der Waals surface area contributed by atoms with E-state index in [2.05, 4.69) is 0 Å². The lowest BCUT2D eigenvalue weighted by atomic mass is 9.94. The summed E-state index contributed by atoms with van der Waals surface area (Å²) in [6, 6.07) is 0. The molecular formula is C8H16O4S. The zero-order chi connectivity index (χ0) is 10.0. The van der Waals surface area contributed by atoms with Crippen molar-refractivity contribution < 1.29 is 20.1 Å². The summed E-state index contributed by atoms with van der Waals surface area (Å²) in [4.78, 5) is 0. The van der Waals surface area contributed by atoms with Crippen LogP contribution in [0.25, 0.3) is 0 Å². The van der Waals surface area contributed by atoms with E-state index in [4.69, 9.17) is 9.84 Å². The van der Waals surface area contributed by atoms with Crippen molar-refractivity contribution in [3.8, 4) is 0 Å². The molecule has 3 N–H and O–H groups in total. The van der Waals surface area contributed by atoms with Crippen LogP contribution in [-0.4, -0.2) is 51.9 Å². The van der Waals surface area contributed by atoms with E-state index in [-0.39, 0.29) is 18.0 Å². The van der Waals surface area contributed by atoms with E-state index in [1.54, 1.807) is 0 Å². The third-order valence-corrected chi connectivity index (χ3v) is 3.43. The molecule has 0 amide bonds. The highest BCUT2D eigenvalue weighted by Gasteiger charge is 2.41. The molecule has 13 heavy (non-hydrogen) atoms. The summed E-state index contributed by atoms with van der Waals surface area (Å²) in [5, 5.41) is 27.9. The van der Waals surface area contributed by atoms with E-state index in [0.717, 1.165) is 0 Å². The van der Waals surface area contributed by atoms with Crippen molar-refractivity contribution in [2.24, 2.45) is 5.92 Å². The van der Waals surface area contributed by atoms with Crippen molar-refractivity contribution >= 4 is 11.8 Å². The largest absolute Gasteiger partial charge is 0.394 e. The maximum Gasteiger partial charge on any atom is 0.110 e. The van der Waals surface area contributed by atoms with Gasteiger partial charge in [-0.3, -0.25) is 0 Å². The van der Waals surface area contributed by atoms with Crippen molar-refractivity contribution in [2.75, 3.05) is 12.9 Å². The van der Waals surface area contributed by atoms with Crippen LogP contribution in [0.1, 0.15) is 6.92 Å². The molecule has 5 atom stereocenters. The van der Waals surface area contributed by atoms with Crippen molar-refractivity contribution in [3.63, 3.8) is 0 Å². The second kappa shape index (κ2) is 4.61. The molecule has 5 heteroatoms.